The third kappa shape index (κ3) is 17.1. The van der Waals surface area contributed by atoms with Crippen molar-refractivity contribution in [2.24, 2.45) is 0 Å². The quantitative estimate of drug-likeness (QED) is 0.104. The van der Waals surface area contributed by atoms with Crippen LogP contribution in [-0.4, -0.2) is 55.2 Å². The zero-order valence-corrected chi connectivity index (χ0v) is 27.8. The molecule has 2 aromatic rings. The largest absolute Gasteiger partial charge is 0.488 e. The highest BCUT2D eigenvalue weighted by atomic mass is 16.5. The van der Waals surface area contributed by atoms with Gasteiger partial charge >= 0.3 is 0 Å². The Hall–Kier alpha value is -2.11. The summed E-state index contributed by atoms with van der Waals surface area (Å²) in [5.74, 6) is 0.478. The van der Waals surface area contributed by atoms with Gasteiger partial charge in [0.25, 0.3) is 0 Å². The molecule has 0 amide bonds. The highest BCUT2D eigenvalue weighted by Crippen LogP contribution is 2.15. The topological polar surface area (TPSA) is 37.7 Å². The number of hydrogen-bond acceptors (Lipinski definition) is 4. The predicted molar refractivity (Wildman–Crippen MR) is 181 cm³/mol. The second-order valence-corrected chi connectivity index (χ2v) is 12.7. The van der Waals surface area contributed by atoms with Gasteiger partial charge in [-0.25, -0.2) is 0 Å². The van der Waals surface area contributed by atoms with Crippen LogP contribution in [0, 0.1) is 0 Å². The third-order valence-corrected chi connectivity index (χ3v) is 8.21. The molecule has 0 radical (unpaired) electrons. The lowest BCUT2D eigenvalue weighted by Crippen LogP contribution is -2.26. The molecule has 2 rings (SSSR count). The van der Waals surface area contributed by atoms with Gasteiger partial charge in [-0.1, -0.05) is 134 Å². The molecular formula is C37H63N3O2. The smallest absolute Gasteiger partial charge is 0.223 e. The number of aromatic nitrogens is 1. The van der Waals surface area contributed by atoms with E-state index < -0.39 is 0 Å². The Morgan fingerprint density at radius 2 is 1.24 bits per heavy atom. The zero-order chi connectivity index (χ0) is 30.3. The fraction of sp³-hybridized carbons (Fsp3) is 0.703. The first-order valence-corrected chi connectivity index (χ1v) is 17.2. The summed E-state index contributed by atoms with van der Waals surface area (Å²) in [7, 11) is 6.35. The molecule has 0 spiro atoms. The van der Waals surface area contributed by atoms with Crippen molar-refractivity contribution in [1.82, 2.24) is 14.4 Å². The van der Waals surface area contributed by atoms with E-state index in [1.807, 2.05) is 12.3 Å². The Labute approximate surface area is 258 Å². The molecule has 1 aromatic heterocycles. The van der Waals surface area contributed by atoms with Crippen LogP contribution in [-0.2, 0) is 13.1 Å². The van der Waals surface area contributed by atoms with Crippen molar-refractivity contribution in [3.05, 3.63) is 64.1 Å². The van der Waals surface area contributed by atoms with E-state index >= 15 is 0 Å². The molecular weight excluding hydrogens is 518 g/mol. The first-order chi connectivity index (χ1) is 20.5. The van der Waals surface area contributed by atoms with Crippen LogP contribution in [0.1, 0.15) is 127 Å². The van der Waals surface area contributed by atoms with Gasteiger partial charge in [-0.05, 0) is 52.6 Å². The number of ether oxygens (including phenoxy) is 1. The fourth-order valence-electron chi connectivity index (χ4n) is 5.61. The summed E-state index contributed by atoms with van der Waals surface area (Å²) < 4.78 is 8.23. The van der Waals surface area contributed by atoms with Gasteiger partial charge in [0.1, 0.15) is 0 Å². The van der Waals surface area contributed by atoms with Crippen LogP contribution in [0.3, 0.4) is 0 Å². The lowest BCUT2D eigenvalue weighted by molar-refractivity contribution is 0.283. The van der Waals surface area contributed by atoms with E-state index in [0.717, 1.165) is 44.7 Å². The molecule has 0 saturated carbocycles. The van der Waals surface area contributed by atoms with E-state index in [0.29, 0.717) is 12.4 Å². The van der Waals surface area contributed by atoms with Crippen molar-refractivity contribution in [2.75, 3.05) is 40.8 Å². The Morgan fingerprint density at radius 3 is 1.79 bits per heavy atom. The minimum absolute atomic E-state index is 0.00695. The highest BCUT2D eigenvalue weighted by Gasteiger charge is 2.11. The minimum Gasteiger partial charge on any atom is -0.488 e. The molecule has 0 aliphatic rings. The Kier molecular flexibility index (Phi) is 20.1. The summed E-state index contributed by atoms with van der Waals surface area (Å²) in [4.78, 5) is 17.5. The molecule has 0 aliphatic heterocycles. The Bertz CT molecular complexity index is 973. The van der Waals surface area contributed by atoms with E-state index in [9.17, 15) is 4.79 Å². The van der Waals surface area contributed by atoms with Gasteiger partial charge in [-0.15, -0.1) is 0 Å². The molecule has 5 nitrogen and oxygen atoms in total. The van der Waals surface area contributed by atoms with E-state index in [1.54, 1.807) is 6.07 Å². The van der Waals surface area contributed by atoms with Gasteiger partial charge < -0.3 is 19.1 Å². The SMILES string of the molecule is CCCCCCCCCCCCCCCCCCOc1cn(Cc2ccccc2)c(CN(C)CCCN(C)C)cc1=O. The molecule has 5 heteroatoms. The number of rotatable bonds is 26. The molecule has 1 heterocycles. The van der Waals surface area contributed by atoms with Crippen molar-refractivity contribution < 1.29 is 4.74 Å². The van der Waals surface area contributed by atoms with E-state index in [4.69, 9.17) is 4.74 Å². The molecule has 0 fully saturated rings. The summed E-state index contributed by atoms with van der Waals surface area (Å²) >= 11 is 0. The van der Waals surface area contributed by atoms with Crippen LogP contribution in [0.15, 0.2) is 47.4 Å². The lowest BCUT2D eigenvalue weighted by atomic mass is 10.0. The normalized spacial score (nSPS) is 11.6. The second kappa shape index (κ2) is 23.4. The molecule has 238 valence electrons. The van der Waals surface area contributed by atoms with Crippen molar-refractivity contribution in [3.63, 3.8) is 0 Å². The monoisotopic (exact) mass is 581 g/mol. The van der Waals surface area contributed by atoms with Crippen LogP contribution in [0.5, 0.6) is 5.75 Å². The molecule has 1 aromatic carbocycles. The van der Waals surface area contributed by atoms with Crippen molar-refractivity contribution in [3.8, 4) is 5.75 Å². The Morgan fingerprint density at radius 1 is 0.690 bits per heavy atom. The maximum atomic E-state index is 13.0. The van der Waals surface area contributed by atoms with Crippen LogP contribution in [0.2, 0.25) is 0 Å². The van der Waals surface area contributed by atoms with Gasteiger partial charge in [0.2, 0.25) is 5.43 Å². The fourth-order valence-corrected chi connectivity index (χ4v) is 5.61. The van der Waals surface area contributed by atoms with Crippen molar-refractivity contribution in [2.45, 2.75) is 129 Å². The maximum absolute atomic E-state index is 13.0. The molecule has 0 atom stereocenters. The average molecular weight is 582 g/mol. The van der Waals surface area contributed by atoms with Crippen LogP contribution < -0.4 is 10.2 Å². The number of nitrogens with zero attached hydrogens (tertiary/aromatic N) is 3. The average Bonchev–Trinajstić information content (AvgIpc) is 2.97. The molecule has 0 N–H and O–H groups in total. The van der Waals surface area contributed by atoms with Crippen molar-refractivity contribution in [1.29, 1.82) is 0 Å². The summed E-state index contributed by atoms with van der Waals surface area (Å²) in [6, 6.07) is 12.2. The van der Waals surface area contributed by atoms with E-state index in [1.165, 1.54) is 102 Å². The molecule has 0 bridgehead atoms. The molecule has 0 aliphatic carbocycles. The summed E-state index contributed by atoms with van der Waals surface area (Å²) in [5.41, 5.74) is 2.25. The minimum atomic E-state index is -0.00695. The first kappa shape index (κ1) is 36.1. The maximum Gasteiger partial charge on any atom is 0.223 e. The van der Waals surface area contributed by atoms with E-state index in [2.05, 4.69) is 66.7 Å². The number of unbranched alkanes of at least 4 members (excludes halogenated alkanes) is 15. The van der Waals surface area contributed by atoms with Gasteiger partial charge in [-0.3, -0.25) is 4.79 Å². The highest BCUT2D eigenvalue weighted by molar-refractivity contribution is 5.24. The molecule has 0 unspecified atom stereocenters. The van der Waals surface area contributed by atoms with Crippen LogP contribution in [0.25, 0.3) is 0 Å². The number of benzene rings is 1. The lowest BCUT2D eigenvalue weighted by Gasteiger charge is -2.22. The summed E-state index contributed by atoms with van der Waals surface area (Å²) in [5, 5.41) is 0. The predicted octanol–water partition coefficient (Wildman–Crippen LogP) is 8.92. The Balaban J connectivity index is 1.67. The molecule has 0 saturated heterocycles. The van der Waals surface area contributed by atoms with E-state index in [-0.39, 0.29) is 5.43 Å². The zero-order valence-electron chi connectivity index (χ0n) is 27.8. The summed E-state index contributed by atoms with van der Waals surface area (Å²) in [6.45, 7) is 6.44. The van der Waals surface area contributed by atoms with Crippen molar-refractivity contribution >= 4 is 0 Å². The second-order valence-electron chi connectivity index (χ2n) is 12.7. The standard InChI is InChI=1S/C37H63N3O2/c1-5-6-7-8-9-10-11-12-13-14-15-16-17-18-19-23-29-42-37-33-40(31-34-25-21-20-22-26-34)35(30-36(37)41)32-39(4)28-24-27-38(2)3/h20-22,25-26,30,33H,5-19,23-24,27-29,31-32H2,1-4H3. The number of hydrogen-bond donors (Lipinski definition) is 0. The third-order valence-electron chi connectivity index (χ3n) is 8.21. The first-order valence-electron chi connectivity index (χ1n) is 17.2. The van der Waals surface area contributed by atoms with Crippen LogP contribution >= 0.6 is 0 Å². The van der Waals surface area contributed by atoms with Crippen LogP contribution in [0.4, 0.5) is 0 Å². The molecule has 42 heavy (non-hydrogen) atoms. The number of pyridine rings is 1. The summed E-state index contributed by atoms with van der Waals surface area (Å²) in [6.07, 6.45) is 24.7. The van der Waals surface area contributed by atoms with Gasteiger partial charge in [0.05, 0.1) is 12.8 Å². The van der Waals surface area contributed by atoms with Gasteiger partial charge in [0.15, 0.2) is 5.75 Å². The van der Waals surface area contributed by atoms with Gasteiger partial charge in [-0.2, -0.15) is 0 Å². The van der Waals surface area contributed by atoms with Gasteiger partial charge in [0, 0.05) is 24.8 Å².